The van der Waals surface area contributed by atoms with Gasteiger partial charge in [0.2, 0.25) is 0 Å². The van der Waals surface area contributed by atoms with E-state index in [4.69, 9.17) is 4.99 Å². The van der Waals surface area contributed by atoms with Gasteiger partial charge in [-0.3, -0.25) is 9.58 Å². The van der Waals surface area contributed by atoms with Crippen LogP contribution in [0, 0.1) is 0 Å². The van der Waals surface area contributed by atoms with Crippen molar-refractivity contribution in [1.82, 2.24) is 29.9 Å². The molecule has 0 atom stereocenters. The Balaban J connectivity index is 1.39. The molecule has 152 valence electrons. The molecule has 1 fully saturated rings. The van der Waals surface area contributed by atoms with Crippen LogP contribution in [-0.2, 0) is 20.1 Å². The number of fused-ring (bicyclic) bond motifs is 1. The number of nitrogens with zero attached hydrogens (tertiary/aromatic N) is 6. The molecule has 1 aromatic heterocycles. The third-order valence-corrected chi connectivity index (χ3v) is 5.46. The van der Waals surface area contributed by atoms with Gasteiger partial charge in [-0.1, -0.05) is 42.5 Å². The number of aryl methyl sites for hydroxylation is 1. The summed E-state index contributed by atoms with van der Waals surface area (Å²) in [6.45, 7) is 8.47. The summed E-state index contributed by atoms with van der Waals surface area (Å²) in [5.74, 6) is 1.83. The highest BCUT2D eigenvalue weighted by molar-refractivity contribution is 5.85. The molecule has 0 amide bonds. The standard InChI is InChI=1S/C22H29N7/c1-3-23-22(24-15-21-25-17-26-27(21)2)29-13-11-28(12-14-29)16-19-9-6-8-18-7-4-5-10-20(18)19/h4-10,17H,3,11-16H2,1-2H3,(H,23,24). The molecule has 4 rings (SSSR count). The Kier molecular flexibility index (Phi) is 6.05. The van der Waals surface area contributed by atoms with E-state index in [0.717, 1.165) is 51.1 Å². The zero-order valence-corrected chi connectivity index (χ0v) is 17.3. The van der Waals surface area contributed by atoms with Crippen molar-refractivity contribution < 1.29 is 0 Å². The van der Waals surface area contributed by atoms with Crippen molar-refractivity contribution in [3.05, 3.63) is 60.2 Å². The predicted octanol–water partition coefficient (Wildman–Crippen LogP) is 2.25. The quantitative estimate of drug-likeness (QED) is 0.534. The van der Waals surface area contributed by atoms with Gasteiger partial charge in [-0.25, -0.2) is 9.98 Å². The maximum atomic E-state index is 4.78. The predicted molar refractivity (Wildman–Crippen MR) is 117 cm³/mol. The molecule has 0 saturated carbocycles. The van der Waals surface area contributed by atoms with Crippen molar-refractivity contribution in [2.24, 2.45) is 12.0 Å². The number of rotatable bonds is 5. The smallest absolute Gasteiger partial charge is 0.194 e. The molecule has 2 aromatic carbocycles. The summed E-state index contributed by atoms with van der Waals surface area (Å²) in [5.41, 5.74) is 1.40. The van der Waals surface area contributed by atoms with Gasteiger partial charge >= 0.3 is 0 Å². The average molecular weight is 392 g/mol. The summed E-state index contributed by atoms with van der Waals surface area (Å²) in [5, 5.41) is 10.2. The molecule has 1 N–H and O–H groups in total. The number of hydrogen-bond acceptors (Lipinski definition) is 4. The van der Waals surface area contributed by atoms with Crippen LogP contribution in [-0.4, -0.2) is 63.2 Å². The molecule has 0 radical (unpaired) electrons. The molecule has 0 bridgehead atoms. The first-order chi connectivity index (χ1) is 14.2. The van der Waals surface area contributed by atoms with E-state index in [1.807, 2.05) is 7.05 Å². The molecule has 0 aliphatic carbocycles. The molecule has 0 unspecified atom stereocenters. The van der Waals surface area contributed by atoms with Crippen LogP contribution in [0.2, 0.25) is 0 Å². The molecule has 1 aliphatic rings. The van der Waals surface area contributed by atoms with Crippen molar-refractivity contribution in [2.45, 2.75) is 20.0 Å². The van der Waals surface area contributed by atoms with Crippen LogP contribution in [0.5, 0.6) is 0 Å². The van der Waals surface area contributed by atoms with E-state index < -0.39 is 0 Å². The fraction of sp³-hybridized carbons (Fsp3) is 0.409. The maximum Gasteiger partial charge on any atom is 0.194 e. The van der Waals surface area contributed by atoms with E-state index in [1.54, 1.807) is 11.0 Å². The number of aliphatic imine (C=N–C) groups is 1. The highest BCUT2D eigenvalue weighted by Gasteiger charge is 2.20. The second-order valence-electron chi connectivity index (χ2n) is 7.37. The molecule has 1 saturated heterocycles. The third-order valence-electron chi connectivity index (χ3n) is 5.46. The largest absolute Gasteiger partial charge is 0.357 e. The van der Waals surface area contributed by atoms with Crippen molar-refractivity contribution in [3.8, 4) is 0 Å². The van der Waals surface area contributed by atoms with Gasteiger partial charge in [0.15, 0.2) is 5.96 Å². The van der Waals surface area contributed by atoms with Crippen molar-refractivity contribution >= 4 is 16.7 Å². The van der Waals surface area contributed by atoms with E-state index in [1.165, 1.54) is 16.3 Å². The topological polar surface area (TPSA) is 61.6 Å². The monoisotopic (exact) mass is 391 g/mol. The molecule has 2 heterocycles. The van der Waals surface area contributed by atoms with E-state index in [-0.39, 0.29) is 0 Å². The first kappa shape index (κ1) is 19.4. The molecule has 7 heteroatoms. The Morgan fingerprint density at radius 1 is 1.07 bits per heavy atom. The van der Waals surface area contributed by atoms with Gasteiger partial charge in [0.25, 0.3) is 0 Å². The highest BCUT2D eigenvalue weighted by Crippen LogP contribution is 2.20. The van der Waals surface area contributed by atoms with E-state index in [2.05, 4.69) is 74.6 Å². The van der Waals surface area contributed by atoms with Gasteiger partial charge in [-0.05, 0) is 23.3 Å². The Hall–Kier alpha value is -2.93. The number of nitrogens with one attached hydrogen (secondary N) is 1. The molecule has 7 nitrogen and oxygen atoms in total. The van der Waals surface area contributed by atoms with Gasteiger partial charge in [-0.2, -0.15) is 5.10 Å². The minimum absolute atomic E-state index is 0.537. The summed E-state index contributed by atoms with van der Waals surface area (Å²) >= 11 is 0. The number of guanidine groups is 1. The molecule has 29 heavy (non-hydrogen) atoms. The lowest BCUT2D eigenvalue weighted by molar-refractivity contribution is 0.173. The lowest BCUT2D eigenvalue weighted by atomic mass is 10.0. The van der Waals surface area contributed by atoms with Crippen LogP contribution in [0.3, 0.4) is 0 Å². The van der Waals surface area contributed by atoms with Crippen molar-refractivity contribution in [3.63, 3.8) is 0 Å². The number of piperazine rings is 1. The van der Waals surface area contributed by atoms with Gasteiger partial charge in [0, 0.05) is 46.3 Å². The van der Waals surface area contributed by atoms with E-state index in [0.29, 0.717) is 6.54 Å². The summed E-state index contributed by atoms with van der Waals surface area (Å²) in [4.78, 5) is 13.9. The number of benzene rings is 2. The first-order valence-electron chi connectivity index (χ1n) is 10.3. The van der Waals surface area contributed by atoms with Gasteiger partial charge in [0.05, 0.1) is 0 Å². The third kappa shape index (κ3) is 4.56. The van der Waals surface area contributed by atoms with Crippen molar-refractivity contribution in [2.75, 3.05) is 32.7 Å². The number of aromatic nitrogens is 3. The zero-order chi connectivity index (χ0) is 20.1. The van der Waals surface area contributed by atoms with Crippen LogP contribution < -0.4 is 5.32 Å². The molecule has 1 aliphatic heterocycles. The Labute approximate surface area is 172 Å². The maximum absolute atomic E-state index is 4.78. The second kappa shape index (κ2) is 9.05. The van der Waals surface area contributed by atoms with Crippen molar-refractivity contribution in [1.29, 1.82) is 0 Å². The Bertz CT molecular complexity index is 965. The summed E-state index contributed by atoms with van der Waals surface area (Å²) in [6, 6.07) is 15.2. The van der Waals surface area contributed by atoms with Crippen LogP contribution in [0.1, 0.15) is 18.3 Å². The lowest BCUT2D eigenvalue weighted by Crippen LogP contribution is -2.52. The van der Waals surface area contributed by atoms with Crippen LogP contribution in [0.25, 0.3) is 10.8 Å². The fourth-order valence-electron chi connectivity index (χ4n) is 3.82. The zero-order valence-electron chi connectivity index (χ0n) is 17.3. The van der Waals surface area contributed by atoms with Crippen LogP contribution >= 0.6 is 0 Å². The second-order valence-corrected chi connectivity index (χ2v) is 7.37. The fourth-order valence-corrected chi connectivity index (χ4v) is 3.82. The lowest BCUT2D eigenvalue weighted by Gasteiger charge is -2.36. The first-order valence-corrected chi connectivity index (χ1v) is 10.3. The average Bonchev–Trinajstić information content (AvgIpc) is 3.17. The van der Waals surface area contributed by atoms with Crippen LogP contribution in [0.4, 0.5) is 0 Å². The molecular weight excluding hydrogens is 362 g/mol. The molecular formula is C22H29N7. The molecule has 3 aromatic rings. The SMILES string of the molecule is CCNC(=NCc1ncnn1C)N1CCN(Cc2cccc3ccccc23)CC1. The Morgan fingerprint density at radius 3 is 2.62 bits per heavy atom. The summed E-state index contributed by atoms with van der Waals surface area (Å²) in [7, 11) is 1.90. The number of hydrogen-bond donors (Lipinski definition) is 1. The minimum Gasteiger partial charge on any atom is -0.357 e. The van der Waals surface area contributed by atoms with Gasteiger partial charge in [-0.15, -0.1) is 0 Å². The van der Waals surface area contributed by atoms with Gasteiger partial charge < -0.3 is 10.2 Å². The Morgan fingerprint density at radius 2 is 1.86 bits per heavy atom. The molecule has 0 spiro atoms. The summed E-state index contributed by atoms with van der Waals surface area (Å²) in [6.07, 6.45) is 1.57. The summed E-state index contributed by atoms with van der Waals surface area (Å²) < 4.78 is 1.77. The normalized spacial score (nSPS) is 15.8. The van der Waals surface area contributed by atoms with E-state index in [9.17, 15) is 0 Å². The highest BCUT2D eigenvalue weighted by atomic mass is 15.4. The minimum atomic E-state index is 0.537. The van der Waals surface area contributed by atoms with E-state index >= 15 is 0 Å². The van der Waals surface area contributed by atoms with Crippen LogP contribution in [0.15, 0.2) is 53.8 Å². The van der Waals surface area contributed by atoms with Gasteiger partial charge in [0.1, 0.15) is 18.7 Å².